The van der Waals surface area contributed by atoms with E-state index in [2.05, 4.69) is 6.07 Å². The van der Waals surface area contributed by atoms with E-state index >= 15 is 0 Å². The van der Waals surface area contributed by atoms with Crippen molar-refractivity contribution < 1.29 is 13.9 Å². The monoisotopic (exact) mass is 387 g/mol. The summed E-state index contributed by atoms with van der Waals surface area (Å²) in [7, 11) is 1.58. The van der Waals surface area contributed by atoms with E-state index in [1.54, 1.807) is 12.0 Å². The molecule has 0 aliphatic carbocycles. The van der Waals surface area contributed by atoms with Gasteiger partial charge >= 0.3 is 0 Å². The van der Waals surface area contributed by atoms with Crippen molar-refractivity contribution >= 4 is 17.5 Å². The van der Waals surface area contributed by atoms with Crippen LogP contribution in [0, 0.1) is 17.1 Å². The van der Waals surface area contributed by atoms with Gasteiger partial charge < -0.3 is 9.64 Å². The van der Waals surface area contributed by atoms with E-state index in [9.17, 15) is 14.4 Å². The van der Waals surface area contributed by atoms with Crippen molar-refractivity contribution in [1.82, 2.24) is 9.80 Å². The summed E-state index contributed by atoms with van der Waals surface area (Å²) in [5.41, 5.74) is 0.742. The molecule has 1 aliphatic rings. The van der Waals surface area contributed by atoms with Crippen molar-refractivity contribution in [2.24, 2.45) is 0 Å². The highest BCUT2D eigenvalue weighted by Crippen LogP contribution is 2.26. The van der Waals surface area contributed by atoms with Gasteiger partial charge in [0.25, 0.3) is 5.91 Å². The molecule has 5 nitrogen and oxygen atoms in total. The summed E-state index contributed by atoms with van der Waals surface area (Å²) >= 11 is 6.00. The molecule has 1 atom stereocenters. The van der Waals surface area contributed by atoms with Gasteiger partial charge in [0.1, 0.15) is 17.6 Å². The van der Waals surface area contributed by atoms with E-state index in [0.29, 0.717) is 31.9 Å². The van der Waals surface area contributed by atoms with E-state index in [4.69, 9.17) is 16.3 Å². The van der Waals surface area contributed by atoms with Gasteiger partial charge in [0.05, 0.1) is 23.8 Å². The summed E-state index contributed by atoms with van der Waals surface area (Å²) in [5, 5.41) is 9.75. The maximum Gasteiger partial charge on any atom is 0.258 e. The predicted molar refractivity (Wildman–Crippen MR) is 100 cm³/mol. The van der Waals surface area contributed by atoms with Gasteiger partial charge in [0.15, 0.2) is 0 Å². The standard InChI is InChI=1S/C20H19ClFN3O2/c1-27-15-5-2-4-14(12-15)18(13-23)24-8-10-25(11-9-24)20(26)19-16(21)6-3-7-17(19)22/h2-7,12,18H,8-11H2,1H3. The Morgan fingerprint density at radius 3 is 2.56 bits per heavy atom. The molecule has 1 fully saturated rings. The molecule has 1 heterocycles. The zero-order valence-electron chi connectivity index (χ0n) is 14.9. The molecule has 27 heavy (non-hydrogen) atoms. The van der Waals surface area contributed by atoms with Gasteiger partial charge in [-0.2, -0.15) is 5.26 Å². The van der Waals surface area contributed by atoms with Crippen LogP contribution in [0.25, 0.3) is 0 Å². The minimum Gasteiger partial charge on any atom is -0.497 e. The third-order valence-electron chi connectivity index (χ3n) is 4.68. The third kappa shape index (κ3) is 4.05. The van der Waals surface area contributed by atoms with Crippen LogP contribution in [0.3, 0.4) is 0 Å². The Morgan fingerprint density at radius 2 is 1.93 bits per heavy atom. The highest BCUT2D eigenvalue weighted by molar-refractivity contribution is 6.33. The molecule has 0 bridgehead atoms. The molecule has 7 heteroatoms. The number of piperazine rings is 1. The van der Waals surface area contributed by atoms with Crippen LogP contribution in [-0.2, 0) is 0 Å². The number of nitrogens with zero attached hydrogens (tertiary/aromatic N) is 3. The van der Waals surface area contributed by atoms with Crippen LogP contribution in [0.15, 0.2) is 42.5 Å². The van der Waals surface area contributed by atoms with E-state index < -0.39 is 17.8 Å². The van der Waals surface area contributed by atoms with Crippen LogP contribution >= 0.6 is 11.6 Å². The molecule has 0 spiro atoms. The number of rotatable bonds is 4. The maximum absolute atomic E-state index is 14.0. The van der Waals surface area contributed by atoms with E-state index in [1.165, 1.54) is 18.2 Å². The lowest BCUT2D eigenvalue weighted by molar-refractivity contribution is 0.0602. The Hall–Kier alpha value is -2.62. The summed E-state index contributed by atoms with van der Waals surface area (Å²) in [6.45, 7) is 1.80. The van der Waals surface area contributed by atoms with Gasteiger partial charge in [-0.1, -0.05) is 29.8 Å². The van der Waals surface area contributed by atoms with Crippen LogP contribution in [0.5, 0.6) is 5.75 Å². The number of nitriles is 1. The second kappa shape index (κ2) is 8.38. The molecule has 1 aliphatic heterocycles. The van der Waals surface area contributed by atoms with Gasteiger partial charge in [-0.25, -0.2) is 4.39 Å². The largest absolute Gasteiger partial charge is 0.497 e. The predicted octanol–water partition coefficient (Wildman–Crippen LogP) is 3.51. The molecular weight excluding hydrogens is 369 g/mol. The summed E-state index contributed by atoms with van der Waals surface area (Å²) in [4.78, 5) is 16.2. The van der Waals surface area contributed by atoms with Crippen LogP contribution in [-0.4, -0.2) is 49.0 Å². The summed E-state index contributed by atoms with van der Waals surface area (Å²) in [6.07, 6.45) is 0. The van der Waals surface area contributed by atoms with Gasteiger partial charge in [-0.15, -0.1) is 0 Å². The first-order valence-corrected chi connectivity index (χ1v) is 8.94. The molecule has 1 unspecified atom stereocenters. The number of carbonyl (C=O) groups is 1. The van der Waals surface area contributed by atoms with Crippen LogP contribution in [0.1, 0.15) is 22.0 Å². The number of amides is 1. The highest BCUT2D eigenvalue weighted by Gasteiger charge is 2.29. The summed E-state index contributed by atoms with van der Waals surface area (Å²) in [5.74, 6) is -0.357. The molecule has 2 aromatic rings. The molecule has 1 saturated heterocycles. The highest BCUT2D eigenvalue weighted by atomic mass is 35.5. The quantitative estimate of drug-likeness (QED) is 0.805. The fourth-order valence-corrected chi connectivity index (χ4v) is 3.47. The maximum atomic E-state index is 14.0. The first kappa shape index (κ1) is 19.2. The molecule has 3 rings (SSSR count). The van der Waals surface area contributed by atoms with Crippen molar-refractivity contribution in [3.05, 3.63) is 64.4 Å². The number of hydrogen-bond donors (Lipinski definition) is 0. The molecular formula is C20H19ClFN3O2. The topological polar surface area (TPSA) is 56.6 Å². The van der Waals surface area contributed by atoms with Crippen molar-refractivity contribution in [3.63, 3.8) is 0 Å². The zero-order chi connectivity index (χ0) is 19.4. The number of methoxy groups -OCH3 is 1. The lowest BCUT2D eigenvalue weighted by atomic mass is 10.0. The van der Waals surface area contributed by atoms with Gasteiger partial charge in [0.2, 0.25) is 0 Å². The number of ether oxygens (including phenoxy) is 1. The van der Waals surface area contributed by atoms with E-state index in [1.807, 2.05) is 29.2 Å². The van der Waals surface area contributed by atoms with Crippen molar-refractivity contribution in [2.45, 2.75) is 6.04 Å². The average Bonchev–Trinajstić information content (AvgIpc) is 2.69. The van der Waals surface area contributed by atoms with Crippen LogP contribution in [0.4, 0.5) is 4.39 Å². The minimum atomic E-state index is -0.624. The van der Waals surface area contributed by atoms with Crippen LogP contribution < -0.4 is 4.74 Å². The Bertz CT molecular complexity index is 856. The molecule has 0 aromatic heterocycles. The zero-order valence-corrected chi connectivity index (χ0v) is 15.6. The minimum absolute atomic E-state index is 0.0998. The normalized spacial score (nSPS) is 15.9. The molecule has 0 N–H and O–H groups in total. The Labute approximate surface area is 162 Å². The fourth-order valence-electron chi connectivity index (χ4n) is 3.22. The van der Waals surface area contributed by atoms with Crippen molar-refractivity contribution in [3.8, 4) is 11.8 Å². The van der Waals surface area contributed by atoms with Gasteiger partial charge in [-0.05, 0) is 29.8 Å². The first-order valence-electron chi connectivity index (χ1n) is 8.56. The van der Waals surface area contributed by atoms with E-state index in [0.717, 1.165) is 5.56 Å². The second-order valence-corrected chi connectivity index (χ2v) is 6.64. The van der Waals surface area contributed by atoms with Crippen molar-refractivity contribution in [1.29, 1.82) is 5.26 Å². The molecule has 2 aromatic carbocycles. The lowest BCUT2D eigenvalue weighted by Gasteiger charge is -2.37. The third-order valence-corrected chi connectivity index (χ3v) is 4.99. The number of carbonyl (C=O) groups excluding carboxylic acids is 1. The summed E-state index contributed by atoms with van der Waals surface area (Å²) in [6, 6.07) is 13.5. The van der Waals surface area contributed by atoms with Crippen LogP contribution in [0.2, 0.25) is 5.02 Å². The molecule has 1 amide bonds. The lowest BCUT2D eigenvalue weighted by Crippen LogP contribution is -2.49. The van der Waals surface area contributed by atoms with Gasteiger partial charge in [-0.3, -0.25) is 9.69 Å². The van der Waals surface area contributed by atoms with Crippen molar-refractivity contribution in [2.75, 3.05) is 33.3 Å². The number of halogens is 2. The fraction of sp³-hybridized carbons (Fsp3) is 0.300. The molecule has 0 saturated carbocycles. The second-order valence-electron chi connectivity index (χ2n) is 6.23. The smallest absolute Gasteiger partial charge is 0.258 e. The molecule has 0 radical (unpaired) electrons. The SMILES string of the molecule is COc1cccc(C(C#N)N2CCN(C(=O)c3c(F)cccc3Cl)CC2)c1. The Morgan fingerprint density at radius 1 is 1.22 bits per heavy atom. The Kier molecular flexibility index (Phi) is 5.94. The number of hydrogen-bond acceptors (Lipinski definition) is 4. The number of benzene rings is 2. The van der Waals surface area contributed by atoms with E-state index in [-0.39, 0.29) is 10.6 Å². The molecule has 140 valence electrons. The summed E-state index contributed by atoms with van der Waals surface area (Å²) < 4.78 is 19.2. The average molecular weight is 388 g/mol. The first-order chi connectivity index (χ1) is 13.0. The van der Waals surface area contributed by atoms with Gasteiger partial charge in [0, 0.05) is 26.2 Å². The Balaban J connectivity index is 1.71.